The minimum atomic E-state index is -0.175. The molecule has 22 heavy (non-hydrogen) atoms. The summed E-state index contributed by atoms with van der Waals surface area (Å²) in [6.07, 6.45) is 4.16. The number of aromatic nitrogens is 3. The van der Waals surface area contributed by atoms with E-state index < -0.39 is 0 Å². The third kappa shape index (κ3) is 3.63. The Morgan fingerprint density at radius 1 is 1.45 bits per heavy atom. The van der Waals surface area contributed by atoms with Crippen LogP contribution < -0.4 is 10.1 Å². The van der Waals surface area contributed by atoms with E-state index in [0.717, 1.165) is 11.3 Å². The average molecular weight is 300 g/mol. The summed E-state index contributed by atoms with van der Waals surface area (Å²) in [5.41, 5.74) is 2.42. The fourth-order valence-corrected chi connectivity index (χ4v) is 2.16. The summed E-state index contributed by atoms with van der Waals surface area (Å²) in [7, 11) is 0. The molecule has 0 bridgehead atoms. The predicted molar refractivity (Wildman–Crippen MR) is 81.7 cm³/mol. The van der Waals surface area contributed by atoms with E-state index in [0.29, 0.717) is 24.0 Å². The van der Waals surface area contributed by atoms with Gasteiger partial charge in [0, 0.05) is 30.4 Å². The maximum Gasteiger partial charge on any atom is 0.272 e. The Bertz CT molecular complexity index is 644. The van der Waals surface area contributed by atoms with Gasteiger partial charge in [-0.1, -0.05) is 6.07 Å². The minimum Gasteiger partial charge on any atom is -0.475 e. The highest BCUT2D eigenvalue weighted by Gasteiger charge is 2.26. The number of H-pyrrole nitrogens is 1. The number of amides is 1. The van der Waals surface area contributed by atoms with Crippen molar-refractivity contribution < 1.29 is 9.53 Å². The molecule has 1 aliphatic rings. The van der Waals surface area contributed by atoms with E-state index in [4.69, 9.17) is 4.74 Å². The molecular formula is C16H20N4O2. The lowest BCUT2D eigenvalue weighted by atomic mass is 10.2. The summed E-state index contributed by atoms with van der Waals surface area (Å²) >= 11 is 0. The van der Waals surface area contributed by atoms with E-state index in [9.17, 15) is 4.79 Å². The van der Waals surface area contributed by atoms with Gasteiger partial charge in [0.2, 0.25) is 5.88 Å². The second-order valence-electron chi connectivity index (χ2n) is 5.84. The zero-order valence-electron chi connectivity index (χ0n) is 12.8. The molecule has 0 saturated heterocycles. The van der Waals surface area contributed by atoms with Gasteiger partial charge in [-0.2, -0.15) is 5.10 Å². The number of nitrogens with zero attached hydrogens (tertiary/aromatic N) is 2. The van der Waals surface area contributed by atoms with Gasteiger partial charge in [-0.3, -0.25) is 9.89 Å². The molecule has 1 amide bonds. The summed E-state index contributed by atoms with van der Waals surface area (Å²) in [4.78, 5) is 16.3. The first kappa shape index (κ1) is 14.6. The van der Waals surface area contributed by atoms with Gasteiger partial charge in [0.1, 0.15) is 5.69 Å². The number of carbonyl (C=O) groups excluding carboxylic acids is 1. The van der Waals surface area contributed by atoms with Gasteiger partial charge in [-0.25, -0.2) is 4.98 Å². The number of nitrogens with one attached hydrogen (secondary N) is 2. The second kappa shape index (κ2) is 6.17. The third-order valence-electron chi connectivity index (χ3n) is 3.45. The molecule has 1 fully saturated rings. The van der Waals surface area contributed by atoms with Gasteiger partial charge < -0.3 is 10.1 Å². The number of carbonyl (C=O) groups is 1. The monoisotopic (exact) mass is 300 g/mol. The highest BCUT2D eigenvalue weighted by molar-refractivity contribution is 5.92. The molecule has 2 aromatic rings. The molecule has 6 heteroatoms. The summed E-state index contributed by atoms with van der Waals surface area (Å²) in [6, 6.07) is 5.54. The van der Waals surface area contributed by atoms with Gasteiger partial charge in [-0.05, 0) is 38.3 Å². The van der Waals surface area contributed by atoms with Crippen LogP contribution in [0.2, 0.25) is 0 Å². The molecule has 0 radical (unpaired) electrons. The molecule has 0 aliphatic heterocycles. The van der Waals surface area contributed by atoms with Crippen molar-refractivity contribution in [1.82, 2.24) is 20.5 Å². The first-order valence-corrected chi connectivity index (χ1v) is 7.57. The van der Waals surface area contributed by atoms with E-state index in [2.05, 4.69) is 20.5 Å². The van der Waals surface area contributed by atoms with Crippen LogP contribution in [0.3, 0.4) is 0 Å². The van der Waals surface area contributed by atoms with Crippen LogP contribution in [0.5, 0.6) is 5.88 Å². The maximum absolute atomic E-state index is 12.0. The van der Waals surface area contributed by atoms with Crippen LogP contribution in [0.15, 0.2) is 24.4 Å². The van der Waals surface area contributed by atoms with Gasteiger partial charge in [0.15, 0.2) is 0 Å². The van der Waals surface area contributed by atoms with E-state index in [1.807, 2.05) is 26.0 Å². The van der Waals surface area contributed by atoms with E-state index in [-0.39, 0.29) is 12.0 Å². The SMILES string of the molecule is CC(C)Oc1ccc(CNC(=O)c2cc(C3CC3)[nH]n2)cn1. The standard InChI is InChI=1S/C16H20N4O2/c1-10(2)22-15-6-3-11(8-17-15)9-18-16(21)14-7-13(19-20-14)12-4-5-12/h3,6-8,10,12H,4-5,9H2,1-2H3,(H,18,21)(H,19,20). The predicted octanol–water partition coefficient (Wildman–Crippen LogP) is 2.40. The molecule has 1 aliphatic carbocycles. The Labute approximate surface area is 129 Å². The number of rotatable bonds is 6. The fraction of sp³-hybridized carbons (Fsp3) is 0.438. The molecule has 2 heterocycles. The second-order valence-corrected chi connectivity index (χ2v) is 5.84. The number of hydrogen-bond acceptors (Lipinski definition) is 4. The van der Waals surface area contributed by atoms with Crippen molar-refractivity contribution in [2.75, 3.05) is 0 Å². The zero-order chi connectivity index (χ0) is 15.5. The van der Waals surface area contributed by atoms with E-state index >= 15 is 0 Å². The highest BCUT2D eigenvalue weighted by atomic mass is 16.5. The normalized spacial score (nSPS) is 14.1. The molecule has 1 saturated carbocycles. The lowest BCUT2D eigenvalue weighted by Gasteiger charge is -2.09. The Morgan fingerprint density at radius 3 is 2.91 bits per heavy atom. The van der Waals surface area contributed by atoms with Crippen molar-refractivity contribution in [1.29, 1.82) is 0 Å². The number of aromatic amines is 1. The summed E-state index contributed by atoms with van der Waals surface area (Å²) in [6.45, 7) is 4.32. The van der Waals surface area contributed by atoms with E-state index in [1.54, 1.807) is 12.3 Å². The molecular weight excluding hydrogens is 280 g/mol. The van der Waals surface area contributed by atoms with Crippen LogP contribution >= 0.6 is 0 Å². The Balaban J connectivity index is 1.53. The Kier molecular flexibility index (Phi) is 4.09. The van der Waals surface area contributed by atoms with Crippen molar-refractivity contribution in [3.05, 3.63) is 41.3 Å². The van der Waals surface area contributed by atoms with Crippen LogP contribution in [0.25, 0.3) is 0 Å². The number of ether oxygens (including phenoxy) is 1. The Hall–Kier alpha value is -2.37. The van der Waals surface area contributed by atoms with Crippen LogP contribution in [0.1, 0.15) is 54.4 Å². The molecule has 0 spiro atoms. The van der Waals surface area contributed by atoms with Gasteiger partial charge in [-0.15, -0.1) is 0 Å². The van der Waals surface area contributed by atoms with Crippen molar-refractivity contribution in [3.8, 4) is 5.88 Å². The van der Waals surface area contributed by atoms with Crippen LogP contribution in [-0.2, 0) is 6.54 Å². The fourth-order valence-electron chi connectivity index (χ4n) is 2.16. The van der Waals surface area contributed by atoms with E-state index in [1.165, 1.54) is 12.8 Å². The topological polar surface area (TPSA) is 79.9 Å². The Morgan fingerprint density at radius 2 is 2.27 bits per heavy atom. The van der Waals surface area contributed by atoms with Crippen LogP contribution in [0, 0.1) is 0 Å². The molecule has 3 rings (SSSR count). The van der Waals surface area contributed by atoms with Gasteiger partial charge in [0.05, 0.1) is 6.10 Å². The molecule has 6 nitrogen and oxygen atoms in total. The summed E-state index contributed by atoms with van der Waals surface area (Å²) < 4.78 is 5.48. The quantitative estimate of drug-likeness (QED) is 0.858. The average Bonchev–Trinajstić information content (AvgIpc) is 3.23. The summed E-state index contributed by atoms with van der Waals surface area (Å²) in [5, 5.41) is 9.84. The highest BCUT2D eigenvalue weighted by Crippen LogP contribution is 2.38. The summed E-state index contributed by atoms with van der Waals surface area (Å²) in [5.74, 6) is 0.976. The number of hydrogen-bond donors (Lipinski definition) is 2. The van der Waals surface area contributed by atoms with Crippen molar-refractivity contribution in [2.45, 2.75) is 45.3 Å². The number of pyridine rings is 1. The lowest BCUT2D eigenvalue weighted by Crippen LogP contribution is -2.23. The van der Waals surface area contributed by atoms with Crippen molar-refractivity contribution in [3.63, 3.8) is 0 Å². The first-order valence-electron chi connectivity index (χ1n) is 7.57. The van der Waals surface area contributed by atoms with Gasteiger partial charge >= 0.3 is 0 Å². The maximum atomic E-state index is 12.0. The molecule has 116 valence electrons. The van der Waals surface area contributed by atoms with Crippen LogP contribution in [-0.4, -0.2) is 27.2 Å². The largest absolute Gasteiger partial charge is 0.475 e. The molecule has 2 aromatic heterocycles. The third-order valence-corrected chi connectivity index (χ3v) is 3.45. The molecule has 2 N–H and O–H groups in total. The zero-order valence-corrected chi connectivity index (χ0v) is 12.8. The minimum absolute atomic E-state index is 0.0957. The van der Waals surface area contributed by atoms with Crippen molar-refractivity contribution in [2.24, 2.45) is 0 Å². The molecule has 0 aromatic carbocycles. The molecule has 0 unspecified atom stereocenters. The lowest BCUT2D eigenvalue weighted by molar-refractivity contribution is 0.0946. The first-order chi connectivity index (χ1) is 10.6. The van der Waals surface area contributed by atoms with Crippen LogP contribution in [0.4, 0.5) is 0 Å². The van der Waals surface area contributed by atoms with Crippen molar-refractivity contribution >= 4 is 5.91 Å². The van der Waals surface area contributed by atoms with Gasteiger partial charge in [0.25, 0.3) is 5.91 Å². The smallest absolute Gasteiger partial charge is 0.272 e. The molecule has 0 atom stereocenters.